The lowest BCUT2D eigenvalue weighted by Crippen LogP contribution is -2.53. The van der Waals surface area contributed by atoms with Crippen molar-refractivity contribution in [2.24, 2.45) is 5.92 Å². The fourth-order valence-corrected chi connectivity index (χ4v) is 5.47. The summed E-state index contributed by atoms with van der Waals surface area (Å²) in [5, 5.41) is 3.62. The third-order valence-electron chi connectivity index (χ3n) is 5.91. The summed E-state index contributed by atoms with van der Waals surface area (Å²) in [6, 6.07) is -0.336. The summed E-state index contributed by atoms with van der Waals surface area (Å²) in [4.78, 5) is 42.1. The maximum atomic E-state index is 13.0. The van der Waals surface area contributed by atoms with Crippen LogP contribution in [-0.2, 0) is 27.2 Å². The summed E-state index contributed by atoms with van der Waals surface area (Å²) >= 11 is 1.51. The number of hydrogen-bond donors (Lipinski definition) is 1. The topological polar surface area (TPSA) is 79.0 Å². The van der Waals surface area contributed by atoms with Crippen LogP contribution in [0.15, 0.2) is 0 Å². The average molecular weight is 422 g/mol. The molecule has 1 aromatic heterocycles. The number of nitrogens with zero attached hydrogens (tertiary/aromatic N) is 2. The molecule has 1 aromatic rings. The van der Waals surface area contributed by atoms with Crippen molar-refractivity contribution in [3.8, 4) is 0 Å². The van der Waals surface area contributed by atoms with Crippen molar-refractivity contribution in [1.82, 2.24) is 9.80 Å². The Morgan fingerprint density at radius 3 is 2.55 bits per heavy atom. The van der Waals surface area contributed by atoms with E-state index in [1.807, 2.05) is 6.92 Å². The van der Waals surface area contributed by atoms with Gasteiger partial charge in [0.05, 0.1) is 18.2 Å². The Kier molecular flexibility index (Phi) is 6.95. The average Bonchev–Trinajstić information content (AvgIpc) is 3.04. The quantitative estimate of drug-likeness (QED) is 0.739. The number of ether oxygens (including phenoxy) is 1. The first-order valence-electron chi connectivity index (χ1n) is 10.4. The third kappa shape index (κ3) is 4.80. The van der Waals surface area contributed by atoms with Gasteiger partial charge in [-0.15, -0.1) is 11.3 Å². The van der Waals surface area contributed by atoms with Crippen molar-refractivity contribution in [2.75, 3.05) is 38.1 Å². The van der Waals surface area contributed by atoms with Crippen LogP contribution in [0.2, 0.25) is 0 Å². The second-order valence-corrected chi connectivity index (χ2v) is 9.09. The minimum Gasteiger partial charge on any atom is -0.462 e. The van der Waals surface area contributed by atoms with Crippen LogP contribution in [0.25, 0.3) is 0 Å². The lowest BCUT2D eigenvalue weighted by molar-refractivity contribution is -0.131. The number of esters is 1. The normalized spacial score (nSPS) is 20.7. The van der Waals surface area contributed by atoms with E-state index >= 15 is 0 Å². The fraction of sp³-hybridized carbons (Fsp3) is 0.667. The summed E-state index contributed by atoms with van der Waals surface area (Å²) in [6.07, 6.45) is 2.82. The van der Waals surface area contributed by atoms with Crippen LogP contribution in [0, 0.1) is 5.92 Å². The van der Waals surface area contributed by atoms with Gasteiger partial charge in [-0.1, -0.05) is 6.92 Å². The lowest BCUT2D eigenvalue weighted by Gasteiger charge is -2.36. The maximum absolute atomic E-state index is 13.0. The van der Waals surface area contributed by atoms with Crippen molar-refractivity contribution in [2.45, 2.75) is 53.0 Å². The van der Waals surface area contributed by atoms with Crippen molar-refractivity contribution in [1.29, 1.82) is 0 Å². The SMILES string of the molecule is CCOC(=O)c1c(NC(=O)[C@H](C)N2CCN(C(C)=O)CC2)sc2c1CC[C@H](C)C2. The van der Waals surface area contributed by atoms with Gasteiger partial charge in [-0.05, 0) is 44.6 Å². The van der Waals surface area contributed by atoms with Crippen molar-refractivity contribution >= 4 is 34.1 Å². The van der Waals surface area contributed by atoms with E-state index in [0.29, 0.717) is 49.3 Å². The second-order valence-electron chi connectivity index (χ2n) is 7.98. The van der Waals surface area contributed by atoms with E-state index in [2.05, 4.69) is 17.1 Å². The van der Waals surface area contributed by atoms with Gasteiger partial charge in [0.15, 0.2) is 0 Å². The van der Waals surface area contributed by atoms with Gasteiger partial charge in [0.25, 0.3) is 0 Å². The minimum absolute atomic E-state index is 0.0687. The van der Waals surface area contributed by atoms with Crippen molar-refractivity contribution in [3.63, 3.8) is 0 Å². The molecule has 3 rings (SSSR count). The first-order valence-corrected chi connectivity index (χ1v) is 11.3. The van der Waals surface area contributed by atoms with Gasteiger partial charge in [-0.25, -0.2) is 4.79 Å². The van der Waals surface area contributed by atoms with E-state index in [0.717, 1.165) is 24.8 Å². The first kappa shape index (κ1) is 21.8. The summed E-state index contributed by atoms with van der Waals surface area (Å²) in [5.41, 5.74) is 1.59. The largest absolute Gasteiger partial charge is 0.462 e. The zero-order chi connectivity index (χ0) is 21.1. The smallest absolute Gasteiger partial charge is 0.341 e. The number of carbonyl (C=O) groups is 3. The van der Waals surface area contributed by atoms with Crippen LogP contribution in [0.3, 0.4) is 0 Å². The molecule has 2 heterocycles. The maximum Gasteiger partial charge on any atom is 0.341 e. The summed E-state index contributed by atoms with van der Waals surface area (Å²) < 4.78 is 5.28. The highest BCUT2D eigenvalue weighted by atomic mass is 32.1. The summed E-state index contributed by atoms with van der Waals surface area (Å²) in [7, 11) is 0. The number of hydrogen-bond acceptors (Lipinski definition) is 6. The molecule has 8 heteroatoms. The van der Waals surface area contributed by atoms with E-state index in [1.165, 1.54) is 16.2 Å². The number of thiophene rings is 1. The fourth-order valence-electron chi connectivity index (χ4n) is 4.06. The predicted octanol–water partition coefficient (Wildman–Crippen LogP) is 2.54. The van der Waals surface area contributed by atoms with E-state index < -0.39 is 0 Å². The van der Waals surface area contributed by atoms with Gasteiger partial charge in [-0.3, -0.25) is 14.5 Å². The number of anilines is 1. The molecular weight excluding hydrogens is 390 g/mol. The molecule has 1 fully saturated rings. The monoisotopic (exact) mass is 421 g/mol. The molecule has 1 N–H and O–H groups in total. The highest BCUT2D eigenvalue weighted by molar-refractivity contribution is 7.17. The van der Waals surface area contributed by atoms with Crippen LogP contribution in [-0.4, -0.2) is 66.4 Å². The lowest BCUT2D eigenvalue weighted by atomic mass is 9.88. The molecule has 2 aliphatic rings. The first-order chi connectivity index (χ1) is 13.8. The highest BCUT2D eigenvalue weighted by Gasteiger charge is 2.31. The Labute approximate surface area is 176 Å². The van der Waals surface area contributed by atoms with Crippen molar-refractivity contribution < 1.29 is 19.1 Å². The molecule has 0 aromatic carbocycles. The standard InChI is InChI=1S/C21H31N3O4S/c1-5-28-21(27)18-16-7-6-13(2)12-17(16)29-20(18)22-19(26)14(3)23-8-10-24(11-9-23)15(4)25/h13-14H,5-12H2,1-4H3,(H,22,26)/t13-,14-/m0/s1. The highest BCUT2D eigenvalue weighted by Crippen LogP contribution is 2.40. The summed E-state index contributed by atoms with van der Waals surface area (Å²) in [6.45, 7) is 10.4. The zero-order valence-electron chi connectivity index (χ0n) is 17.7. The third-order valence-corrected chi connectivity index (χ3v) is 7.08. The molecule has 0 unspecified atom stereocenters. The molecule has 1 saturated heterocycles. The Hall–Kier alpha value is -1.93. The Morgan fingerprint density at radius 1 is 1.24 bits per heavy atom. The number of rotatable bonds is 5. The van der Waals surface area contributed by atoms with Gasteiger partial charge in [-0.2, -0.15) is 0 Å². The van der Waals surface area contributed by atoms with Gasteiger partial charge in [0.2, 0.25) is 11.8 Å². The Bertz CT molecular complexity index is 783. The molecule has 160 valence electrons. The Morgan fingerprint density at radius 2 is 1.93 bits per heavy atom. The van der Waals surface area contributed by atoms with Crippen LogP contribution in [0.1, 0.15) is 54.9 Å². The van der Waals surface area contributed by atoms with Crippen LogP contribution in [0.4, 0.5) is 5.00 Å². The van der Waals surface area contributed by atoms with Crippen LogP contribution < -0.4 is 5.32 Å². The number of fused-ring (bicyclic) bond motifs is 1. The van der Waals surface area contributed by atoms with E-state index in [4.69, 9.17) is 4.74 Å². The second kappa shape index (κ2) is 9.26. The summed E-state index contributed by atoms with van der Waals surface area (Å²) in [5.74, 6) is 0.173. The Balaban J connectivity index is 1.74. The van der Waals surface area contributed by atoms with Crippen molar-refractivity contribution in [3.05, 3.63) is 16.0 Å². The molecule has 29 heavy (non-hydrogen) atoms. The van der Waals surface area contributed by atoms with Gasteiger partial charge < -0.3 is 15.0 Å². The minimum atomic E-state index is -0.349. The van der Waals surface area contributed by atoms with Crippen LogP contribution >= 0.6 is 11.3 Å². The molecule has 2 atom stereocenters. The molecule has 1 aliphatic heterocycles. The zero-order valence-corrected chi connectivity index (χ0v) is 18.6. The number of amides is 2. The molecule has 2 amide bonds. The molecule has 0 saturated carbocycles. The predicted molar refractivity (Wildman–Crippen MR) is 113 cm³/mol. The van der Waals surface area contributed by atoms with Gasteiger partial charge >= 0.3 is 5.97 Å². The van der Waals surface area contributed by atoms with Crippen LogP contribution in [0.5, 0.6) is 0 Å². The van der Waals surface area contributed by atoms with Gasteiger partial charge in [0.1, 0.15) is 5.00 Å². The van der Waals surface area contributed by atoms with E-state index in [1.54, 1.807) is 18.7 Å². The molecular formula is C21H31N3O4S. The van der Waals surface area contributed by atoms with E-state index in [-0.39, 0.29) is 23.8 Å². The molecule has 7 nitrogen and oxygen atoms in total. The molecule has 0 radical (unpaired) electrons. The van der Waals surface area contributed by atoms with Gasteiger partial charge in [0, 0.05) is 38.0 Å². The number of piperazine rings is 1. The number of nitrogens with one attached hydrogen (secondary N) is 1. The number of carbonyl (C=O) groups excluding carboxylic acids is 3. The molecule has 0 bridgehead atoms. The molecule has 0 spiro atoms. The molecule has 1 aliphatic carbocycles. The van der Waals surface area contributed by atoms with E-state index in [9.17, 15) is 14.4 Å².